The van der Waals surface area contributed by atoms with E-state index in [-0.39, 0.29) is 10.8 Å². The van der Waals surface area contributed by atoms with E-state index >= 15 is 0 Å². The van der Waals surface area contributed by atoms with E-state index in [4.69, 9.17) is 11.6 Å². The molecule has 2 heterocycles. The van der Waals surface area contributed by atoms with Gasteiger partial charge >= 0.3 is 0 Å². The Kier molecular flexibility index (Phi) is 2.04. The summed E-state index contributed by atoms with van der Waals surface area (Å²) in [6, 6.07) is 0. The number of anilines is 1. The monoisotopic (exact) mass is 237 g/mol. The number of hydrogen-bond donors (Lipinski definition) is 2. The van der Waals surface area contributed by atoms with Gasteiger partial charge in [0.1, 0.15) is 5.82 Å². The Balaban J connectivity index is 2.04. The normalized spacial score (nSPS) is 18.4. The second-order valence-electron chi connectivity index (χ2n) is 4.51. The summed E-state index contributed by atoms with van der Waals surface area (Å²) in [5.41, 5.74) is 0.812. The summed E-state index contributed by atoms with van der Waals surface area (Å²) in [6.45, 7) is 2.19. The van der Waals surface area contributed by atoms with Crippen molar-refractivity contribution in [2.75, 3.05) is 5.32 Å². The molecular formula is C10H12ClN5. The molecule has 16 heavy (non-hydrogen) atoms. The molecule has 84 valence electrons. The van der Waals surface area contributed by atoms with Gasteiger partial charge in [0.2, 0.25) is 5.28 Å². The van der Waals surface area contributed by atoms with Crippen LogP contribution in [-0.2, 0) is 0 Å². The van der Waals surface area contributed by atoms with Crippen LogP contribution in [0.1, 0.15) is 26.2 Å². The third-order valence-electron chi connectivity index (χ3n) is 3.16. The molecular weight excluding hydrogens is 226 g/mol. The minimum Gasteiger partial charge on any atom is -0.364 e. The van der Waals surface area contributed by atoms with Crippen LogP contribution >= 0.6 is 11.6 Å². The molecule has 1 saturated carbocycles. The minimum absolute atomic E-state index is 0.141. The zero-order chi connectivity index (χ0) is 11.2. The molecule has 0 aliphatic heterocycles. The maximum atomic E-state index is 5.86. The standard InChI is InChI=1S/C10H12ClN5/c1-10(3-2-4-10)15-7-6-5-12-16-8(6)14-9(11)13-7/h5H,2-4H2,1H3,(H2,12,13,14,15,16). The van der Waals surface area contributed by atoms with E-state index in [1.807, 2.05) is 0 Å². The zero-order valence-electron chi connectivity index (χ0n) is 8.92. The van der Waals surface area contributed by atoms with Gasteiger partial charge in [0.05, 0.1) is 11.6 Å². The number of H-pyrrole nitrogens is 1. The first-order chi connectivity index (χ1) is 7.66. The summed E-state index contributed by atoms with van der Waals surface area (Å²) in [6.07, 6.45) is 5.30. The van der Waals surface area contributed by atoms with Gasteiger partial charge in [-0.3, -0.25) is 5.10 Å². The van der Waals surface area contributed by atoms with E-state index in [0.29, 0.717) is 5.65 Å². The summed E-state index contributed by atoms with van der Waals surface area (Å²) in [5, 5.41) is 11.3. The first kappa shape index (κ1) is 9.84. The largest absolute Gasteiger partial charge is 0.364 e. The van der Waals surface area contributed by atoms with Crippen molar-refractivity contribution in [3.05, 3.63) is 11.5 Å². The second-order valence-corrected chi connectivity index (χ2v) is 4.85. The molecule has 5 nitrogen and oxygen atoms in total. The van der Waals surface area contributed by atoms with E-state index in [9.17, 15) is 0 Å². The lowest BCUT2D eigenvalue weighted by atomic mass is 9.78. The van der Waals surface area contributed by atoms with E-state index in [1.54, 1.807) is 6.20 Å². The molecule has 0 spiro atoms. The van der Waals surface area contributed by atoms with Crippen molar-refractivity contribution in [3.63, 3.8) is 0 Å². The summed E-state index contributed by atoms with van der Waals surface area (Å²) in [5.74, 6) is 0.769. The first-order valence-electron chi connectivity index (χ1n) is 5.31. The number of aromatic amines is 1. The van der Waals surface area contributed by atoms with Crippen LogP contribution in [0, 0.1) is 0 Å². The van der Waals surface area contributed by atoms with E-state index in [0.717, 1.165) is 24.0 Å². The summed E-state index contributed by atoms with van der Waals surface area (Å²) < 4.78 is 0. The molecule has 1 aliphatic carbocycles. The molecule has 6 heteroatoms. The molecule has 1 aliphatic rings. The van der Waals surface area contributed by atoms with Gasteiger partial charge < -0.3 is 5.32 Å². The molecule has 0 radical (unpaired) electrons. The molecule has 2 N–H and O–H groups in total. The number of nitrogens with zero attached hydrogens (tertiary/aromatic N) is 3. The third-order valence-corrected chi connectivity index (χ3v) is 3.33. The minimum atomic E-state index is 0.141. The number of hydrogen-bond acceptors (Lipinski definition) is 4. The number of halogens is 1. The summed E-state index contributed by atoms with van der Waals surface area (Å²) in [7, 11) is 0. The highest BCUT2D eigenvalue weighted by molar-refractivity contribution is 6.28. The number of fused-ring (bicyclic) bond motifs is 1. The van der Waals surface area contributed by atoms with Gasteiger partial charge in [-0.1, -0.05) is 0 Å². The SMILES string of the molecule is CC1(Nc2nc(Cl)nc3[nH]ncc23)CCC1. The Morgan fingerprint density at radius 3 is 2.94 bits per heavy atom. The van der Waals surface area contributed by atoms with Crippen molar-refractivity contribution in [1.82, 2.24) is 20.2 Å². The lowest BCUT2D eigenvalue weighted by Gasteiger charge is -2.39. The van der Waals surface area contributed by atoms with Crippen LogP contribution in [-0.4, -0.2) is 25.7 Å². The first-order valence-corrected chi connectivity index (χ1v) is 5.69. The fourth-order valence-corrected chi connectivity index (χ4v) is 2.19. The maximum absolute atomic E-state index is 5.86. The second kappa shape index (κ2) is 3.31. The Labute approximate surface area is 97.6 Å². The predicted molar refractivity (Wildman–Crippen MR) is 62.6 cm³/mol. The predicted octanol–water partition coefficient (Wildman–Crippen LogP) is 2.36. The van der Waals surface area contributed by atoms with Crippen LogP contribution in [0.5, 0.6) is 0 Å². The smallest absolute Gasteiger partial charge is 0.226 e. The molecule has 2 aromatic rings. The van der Waals surface area contributed by atoms with Crippen molar-refractivity contribution in [2.45, 2.75) is 31.7 Å². The van der Waals surface area contributed by atoms with Crippen LogP contribution < -0.4 is 5.32 Å². The molecule has 0 amide bonds. The van der Waals surface area contributed by atoms with Crippen LogP contribution in [0.25, 0.3) is 11.0 Å². The molecule has 0 bridgehead atoms. The van der Waals surface area contributed by atoms with Gasteiger partial charge in [-0.05, 0) is 37.8 Å². The van der Waals surface area contributed by atoms with Gasteiger partial charge in [-0.2, -0.15) is 15.1 Å². The molecule has 0 atom stereocenters. The Bertz CT molecular complexity index is 531. The van der Waals surface area contributed by atoms with Gasteiger partial charge in [0.25, 0.3) is 0 Å². The van der Waals surface area contributed by atoms with E-state index in [2.05, 4.69) is 32.4 Å². The van der Waals surface area contributed by atoms with Crippen LogP contribution in [0.4, 0.5) is 5.82 Å². The molecule has 1 fully saturated rings. The molecule has 2 aromatic heterocycles. The van der Waals surface area contributed by atoms with Gasteiger partial charge in [-0.15, -0.1) is 0 Å². The van der Waals surface area contributed by atoms with Crippen molar-refractivity contribution in [1.29, 1.82) is 0 Å². The van der Waals surface area contributed by atoms with Gasteiger partial charge in [0.15, 0.2) is 5.65 Å². The third kappa shape index (κ3) is 1.51. The summed E-state index contributed by atoms with van der Waals surface area (Å²) >= 11 is 5.86. The lowest BCUT2D eigenvalue weighted by molar-refractivity contribution is 0.306. The Morgan fingerprint density at radius 2 is 2.25 bits per heavy atom. The average Bonchev–Trinajstić information content (AvgIpc) is 2.63. The highest BCUT2D eigenvalue weighted by Crippen LogP contribution is 2.35. The Hall–Kier alpha value is -1.36. The van der Waals surface area contributed by atoms with Crippen molar-refractivity contribution in [3.8, 4) is 0 Å². The highest BCUT2D eigenvalue weighted by Gasteiger charge is 2.32. The quantitative estimate of drug-likeness (QED) is 0.787. The fraction of sp³-hybridized carbons (Fsp3) is 0.500. The zero-order valence-corrected chi connectivity index (χ0v) is 9.67. The van der Waals surface area contributed by atoms with Crippen molar-refractivity contribution in [2.24, 2.45) is 0 Å². The molecule has 3 rings (SSSR count). The van der Waals surface area contributed by atoms with Crippen molar-refractivity contribution < 1.29 is 0 Å². The number of aromatic nitrogens is 4. The van der Waals surface area contributed by atoms with Crippen LogP contribution in [0.2, 0.25) is 5.28 Å². The molecule has 0 unspecified atom stereocenters. The number of nitrogens with one attached hydrogen (secondary N) is 2. The molecule has 0 aromatic carbocycles. The molecule has 0 saturated heterocycles. The van der Waals surface area contributed by atoms with Crippen molar-refractivity contribution >= 4 is 28.5 Å². The topological polar surface area (TPSA) is 66.5 Å². The Morgan fingerprint density at radius 1 is 1.44 bits per heavy atom. The average molecular weight is 238 g/mol. The number of rotatable bonds is 2. The van der Waals surface area contributed by atoms with E-state index in [1.165, 1.54) is 6.42 Å². The highest BCUT2D eigenvalue weighted by atomic mass is 35.5. The summed E-state index contributed by atoms with van der Waals surface area (Å²) in [4.78, 5) is 8.29. The van der Waals surface area contributed by atoms with Gasteiger partial charge in [-0.25, -0.2) is 0 Å². The van der Waals surface area contributed by atoms with Gasteiger partial charge in [0, 0.05) is 5.54 Å². The van der Waals surface area contributed by atoms with Crippen LogP contribution in [0.3, 0.4) is 0 Å². The van der Waals surface area contributed by atoms with E-state index < -0.39 is 0 Å². The van der Waals surface area contributed by atoms with Crippen LogP contribution in [0.15, 0.2) is 6.20 Å². The fourth-order valence-electron chi connectivity index (χ4n) is 2.02. The maximum Gasteiger partial charge on any atom is 0.226 e. The lowest BCUT2D eigenvalue weighted by Crippen LogP contribution is -2.41.